The molecule has 1 saturated heterocycles. The average Bonchev–Trinajstić information content (AvgIpc) is 3.34. The van der Waals surface area contributed by atoms with E-state index < -0.39 is 0 Å². The Morgan fingerprint density at radius 3 is 2.76 bits per heavy atom. The molecule has 29 heavy (non-hydrogen) atoms. The Bertz CT molecular complexity index is 646. The second kappa shape index (κ2) is 11.9. The summed E-state index contributed by atoms with van der Waals surface area (Å²) in [7, 11) is 0. The van der Waals surface area contributed by atoms with Crippen molar-refractivity contribution in [1.29, 1.82) is 0 Å². The van der Waals surface area contributed by atoms with Crippen LogP contribution in [-0.4, -0.2) is 70.6 Å². The van der Waals surface area contributed by atoms with Gasteiger partial charge in [-0.05, 0) is 39.3 Å². The molecule has 0 bridgehead atoms. The molecule has 1 aromatic heterocycles. The molecule has 1 fully saturated rings. The molecule has 0 aromatic carbocycles. The molecule has 164 valence electrons. The highest BCUT2D eigenvalue weighted by molar-refractivity contribution is 5.77. The maximum Gasteiger partial charge on any atom is 0.307 e. The molecule has 0 radical (unpaired) electrons. The predicted octanol–water partition coefficient (Wildman–Crippen LogP) is 2.78. The summed E-state index contributed by atoms with van der Waals surface area (Å²) in [6, 6.07) is 0.371. The number of hydrogen-bond acceptors (Lipinski definition) is 7. The number of esters is 1. The molecule has 8 heteroatoms. The van der Waals surface area contributed by atoms with Crippen molar-refractivity contribution in [3.05, 3.63) is 11.7 Å². The summed E-state index contributed by atoms with van der Waals surface area (Å²) >= 11 is 0. The minimum absolute atomic E-state index is 0.0702. The van der Waals surface area contributed by atoms with E-state index in [2.05, 4.69) is 22.0 Å². The number of rotatable bonds is 12. The van der Waals surface area contributed by atoms with Gasteiger partial charge in [0.15, 0.2) is 5.82 Å². The smallest absolute Gasteiger partial charge is 0.307 e. The Labute approximate surface area is 174 Å². The number of aryl methyl sites for hydroxylation is 1. The zero-order valence-corrected chi connectivity index (χ0v) is 18.4. The molecule has 1 aromatic rings. The normalized spacial score (nSPS) is 17.1. The average molecular weight is 409 g/mol. The van der Waals surface area contributed by atoms with Gasteiger partial charge in [0.2, 0.25) is 11.8 Å². The minimum Gasteiger partial charge on any atom is -0.466 e. The van der Waals surface area contributed by atoms with Crippen LogP contribution in [0, 0.1) is 0 Å². The number of aromatic nitrogens is 2. The lowest BCUT2D eigenvalue weighted by Gasteiger charge is -2.30. The number of ether oxygens (including phenoxy) is 1. The number of likely N-dealkylation sites (N-methyl/N-ethyl adjacent to an activating group) is 1. The Hall–Kier alpha value is -1.96. The molecular weight excluding hydrogens is 372 g/mol. The first kappa shape index (κ1) is 23.3. The fourth-order valence-corrected chi connectivity index (χ4v) is 3.70. The van der Waals surface area contributed by atoms with Gasteiger partial charge in [0.25, 0.3) is 0 Å². The Balaban J connectivity index is 1.88. The molecule has 0 N–H and O–H groups in total. The lowest BCUT2D eigenvalue weighted by Crippen LogP contribution is -2.43. The van der Waals surface area contributed by atoms with Crippen molar-refractivity contribution in [2.75, 3.05) is 32.8 Å². The zero-order chi connectivity index (χ0) is 21.2. The van der Waals surface area contributed by atoms with Gasteiger partial charge in [0.1, 0.15) is 0 Å². The third kappa shape index (κ3) is 7.42. The minimum atomic E-state index is -0.254. The summed E-state index contributed by atoms with van der Waals surface area (Å²) in [5.41, 5.74) is 0. The maximum absolute atomic E-state index is 12.9. The highest BCUT2D eigenvalue weighted by Crippen LogP contribution is 2.19. The van der Waals surface area contributed by atoms with Gasteiger partial charge >= 0.3 is 5.97 Å². The van der Waals surface area contributed by atoms with E-state index in [0.29, 0.717) is 56.7 Å². The molecular formula is C21H36N4O4. The van der Waals surface area contributed by atoms with Gasteiger partial charge in [-0.1, -0.05) is 25.9 Å². The fraction of sp³-hybridized carbons (Fsp3) is 0.810. The van der Waals surface area contributed by atoms with Gasteiger partial charge in [0, 0.05) is 37.9 Å². The van der Waals surface area contributed by atoms with E-state index in [1.54, 1.807) is 6.92 Å². The van der Waals surface area contributed by atoms with E-state index >= 15 is 0 Å². The van der Waals surface area contributed by atoms with Crippen LogP contribution in [0.1, 0.15) is 77.4 Å². The van der Waals surface area contributed by atoms with E-state index in [-0.39, 0.29) is 24.2 Å². The molecule has 1 unspecified atom stereocenters. The van der Waals surface area contributed by atoms with Crippen LogP contribution >= 0.6 is 0 Å². The van der Waals surface area contributed by atoms with Gasteiger partial charge in [-0.25, -0.2) is 0 Å². The highest BCUT2D eigenvalue weighted by atomic mass is 16.5. The number of nitrogens with zero attached hydrogens (tertiary/aromatic N) is 4. The first-order chi connectivity index (χ1) is 13.9. The first-order valence-electron chi connectivity index (χ1n) is 10.9. The third-order valence-corrected chi connectivity index (χ3v) is 5.36. The first-order valence-corrected chi connectivity index (χ1v) is 10.9. The van der Waals surface area contributed by atoms with E-state index in [1.165, 1.54) is 0 Å². The number of likely N-dealkylation sites (tertiary alicyclic amines) is 1. The Kier molecular flexibility index (Phi) is 9.57. The second-order valence-electron chi connectivity index (χ2n) is 7.87. The number of carbonyl (C=O) groups excluding carboxylic acids is 2. The monoisotopic (exact) mass is 408 g/mol. The van der Waals surface area contributed by atoms with Crippen molar-refractivity contribution < 1.29 is 18.8 Å². The van der Waals surface area contributed by atoms with Crippen molar-refractivity contribution in [3.8, 4) is 0 Å². The Morgan fingerprint density at radius 1 is 1.31 bits per heavy atom. The van der Waals surface area contributed by atoms with Crippen LogP contribution in [-0.2, 0) is 20.7 Å². The molecule has 0 saturated carbocycles. The lowest BCUT2D eigenvalue weighted by atomic mass is 10.1. The predicted molar refractivity (Wildman–Crippen MR) is 109 cm³/mol. The molecule has 0 spiro atoms. The summed E-state index contributed by atoms with van der Waals surface area (Å²) < 4.78 is 10.3. The van der Waals surface area contributed by atoms with Crippen LogP contribution in [0.2, 0.25) is 0 Å². The number of carbonyl (C=O) groups is 2. The fourth-order valence-electron chi connectivity index (χ4n) is 3.70. The topological polar surface area (TPSA) is 88.8 Å². The molecule has 0 aliphatic carbocycles. The highest BCUT2D eigenvalue weighted by Gasteiger charge is 2.27. The van der Waals surface area contributed by atoms with Crippen molar-refractivity contribution in [2.24, 2.45) is 0 Å². The van der Waals surface area contributed by atoms with Crippen molar-refractivity contribution in [2.45, 2.75) is 78.2 Å². The van der Waals surface area contributed by atoms with Crippen molar-refractivity contribution in [1.82, 2.24) is 19.9 Å². The molecule has 1 aliphatic rings. The van der Waals surface area contributed by atoms with E-state index in [4.69, 9.17) is 9.26 Å². The van der Waals surface area contributed by atoms with E-state index in [9.17, 15) is 9.59 Å². The van der Waals surface area contributed by atoms with Crippen LogP contribution in [0.3, 0.4) is 0 Å². The maximum atomic E-state index is 12.9. The molecule has 1 aliphatic heterocycles. The van der Waals surface area contributed by atoms with Crippen LogP contribution in [0.4, 0.5) is 0 Å². The summed E-state index contributed by atoms with van der Waals surface area (Å²) in [5.74, 6) is 1.31. The number of amides is 1. The summed E-state index contributed by atoms with van der Waals surface area (Å²) in [6.07, 6.45) is 4.13. The van der Waals surface area contributed by atoms with Crippen LogP contribution in [0.25, 0.3) is 0 Å². The molecule has 2 heterocycles. The zero-order valence-electron chi connectivity index (χ0n) is 18.4. The van der Waals surface area contributed by atoms with E-state index in [0.717, 1.165) is 25.9 Å². The summed E-state index contributed by atoms with van der Waals surface area (Å²) in [4.78, 5) is 33.3. The largest absolute Gasteiger partial charge is 0.466 e. The van der Waals surface area contributed by atoms with E-state index in [1.807, 2.05) is 18.7 Å². The van der Waals surface area contributed by atoms with Gasteiger partial charge in [0.05, 0.1) is 13.0 Å². The molecule has 1 atom stereocenters. The standard InChI is InChI=1S/C21H36N4O4/c1-5-24-13-8-9-17(24)15-25(14-12-20(27)28-6-2)19(26)11-7-10-18-22-21(16(3)4)23-29-18/h16-17H,5-15H2,1-4H3. The number of hydrogen-bond donors (Lipinski definition) is 0. The molecule has 2 rings (SSSR count). The second-order valence-corrected chi connectivity index (χ2v) is 7.87. The van der Waals surface area contributed by atoms with Crippen molar-refractivity contribution >= 4 is 11.9 Å². The summed E-state index contributed by atoms with van der Waals surface area (Å²) in [5, 5.41) is 3.96. The third-order valence-electron chi connectivity index (χ3n) is 5.36. The molecule has 8 nitrogen and oxygen atoms in total. The van der Waals surface area contributed by atoms with Crippen LogP contribution < -0.4 is 0 Å². The van der Waals surface area contributed by atoms with Gasteiger partial charge < -0.3 is 14.2 Å². The van der Waals surface area contributed by atoms with Crippen LogP contribution in [0.15, 0.2) is 4.52 Å². The SMILES string of the molecule is CCOC(=O)CCN(CC1CCCN1CC)C(=O)CCCc1nc(C(C)C)no1. The van der Waals surface area contributed by atoms with Gasteiger partial charge in [-0.3, -0.25) is 14.5 Å². The van der Waals surface area contributed by atoms with Gasteiger partial charge in [-0.15, -0.1) is 0 Å². The quantitative estimate of drug-likeness (QED) is 0.491. The van der Waals surface area contributed by atoms with Crippen LogP contribution in [0.5, 0.6) is 0 Å². The Morgan fingerprint density at radius 2 is 2.10 bits per heavy atom. The molecule has 1 amide bonds. The van der Waals surface area contributed by atoms with Gasteiger partial charge in [-0.2, -0.15) is 4.98 Å². The van der Waals surface area contributed by atoms with Crippen molar-refractivity contribution in [3.63, 3.8) is 0 Å². The summed E-state index contributed by atoms with van der Waals surface area (Å²) in [6.45, 7) is 11.5. The lowest BCUT2D eigenvalue weighted by molar-refractivity contribution is -0.144.